The molecule has 122 valence electrons. The van der Waals surface area contributed by atoms with Crippen LogP contribution in [0.25, 0.3) is 0 Å². The van der Waals surface area contributed by atoms with E-state index in [1.54, 1.807) is 12.3 Å². The molecule has 6 heteroatoms. The average molecular weight is 331 g/mol. The molecule has 4 rings (SSSR count). The summed E-state index contributed by atoms with van der Waals surface area (Å²) in [7, 11) is 0. The summed E-state index contributed by atoms with van der Waals surface area (Å²) in [5, 5.41) is 0. The van der Waals surface area contributed by atoms with Crippen LogP contribution in [0.1, 0.15) is 42.5 Å². The molecule has 0 radical (unpaired) electrons. The summed E-state index contributed by atoms with van der Waals surface area (Å²) < 4.78 is 0.498. The highest BCUT2D eigenvalue weighted by atomic mass is 32.1. The van der Waals surface area contributed by atoms with Crippen LogP contribution in [-0.4, -0.2) is 51.8 Å². The quantitative estimate of drug-likeness (QED) is 0.847. The van der Waals surface area contributed by atoms with Gasteiger partial charge in [0.1, 0.15) is 4.64 Å². The van der Waals surface area contributed by atoms with Crippen LogP contribution in [0, 0.1) is 10.6 Å². The van der Waals surface area contributed by atoms with Crippen molar-refractivity contribution in [3.05, 3.63) is 28.5 Å². The topological polar surface area (TPSA) is 56.4 Å². The Bertz CT molecular complexity index is 697. The predicted octanol–water partition coefficient (Wildman–Crippen LogP) is 2.36. The van der Waals surface area contributed by atoms with Crippen molar-refractivity contribution in [1.29, 1.82) is 0 Å². The molecule has 23 heavy (non-hydrogen) atoms. The number of aromatic amines is 1. The molecule has 0 aromatic carbocycles. The number of amides is 2. The highest BCUT2D eigenvalue weighted by Crippen LogP contribution is 2.39. The zero-order valence-corrected chi connectivity index (χ0v) is 13.8. The van der Waals surface area contributed by atoms with Crippen molar-refractivity contribution in [2.75, 3.05) is 13.1 Å². The van der Waals surface area contributed by atoms with Crippen molar-refractivity contribution < 1.29 is 9.59 Å². The molecule has 1 aliphatic carbocycles. The Kier molecular flexibility index (Phi) is 3.71. The number of piperidine rings is 2. The Hall–Kier alpha value is -1.69. The van der Waals surface area contributed by atoms with Crippen molar-refractivity contribution in [2.45, 2.75) is 44.2 Å². The number of pyridine rings is 1. The lowest BCUT2D eigenvalue weighted by molar-refractivity contribution is -0.141. The molecule has 0 spiro atoms. The minimum absolute atomic E-state index is 0.0140. The number of rotatable bonds is 2. The van der Waals surface area contributed by atoms with E-state index in [1.807, 2.05) is 11.0 Å². The second-order valence-electron chi connectivity index (χ2n) is 6.85. The highest BCUT2D eigenvalue weighted by molar-refractivity contribution is 7.71. The fourth-order valence-corrected chi connectivity index (χ4v) is 4.29. The largest absolute Gasteiger partial charge is 0.352 e. The zero-order valence-electron chi connectivity index (χ0n) is 13.0. The number of nitrogens with zero attached hydrogens (tertiary/aromatic N) is 2. The van der Waals surface area contributed by atoms with Gasteiger partial charge in [0.25, 0.3) is 5.91 Å². The van der Waals surface area contributed by atoms with E-state index in [-0.39, 0.29) is 5.91 Å². The fourth-order valence-electron chi connectivity index (χ4n) is 4.06. The Morgan fingerprint density at radius 3 is 2.83 bits per heavy atom. The Morgan fingerprint density at radius 2 is 2.09 bits per heavy atom. The van der Waals surface area contributed by atoms with Gasteiger partial charge in [-0.05, 0) is 43.7 Å². The lowest BCUT2D eigenvalue weighted by Gasteiger charge is -2.47. The van der Waals surface area contributed by atoms with Crippen molar-refractivity contribution in [3.63, 3.8) is 0 Å². The summed E-state index contributed by atoms with van der Waals surface area (Å²) in [4.78, 5) is 32.0. The Balaban J connectivity index is 1.51. The van der Waals surface area contributed by atoms with Crippen LogP contribution < -0.4 is 0 Å². The standard InChI is InChI=1S/C17H21N3O2S/c21-15-6-3-11-10-19(9-7-14(11)20(15)12-4-5-12)17(22)13-2-1-8-18-16(13)23/h1-2,8,11-12,14H,3-7,9-10H2,(H,18,23)/t11-,14+/m1/s1. The summed E-state index contributed by atoms with van der Waals surface area (Å²) in [6, 6.07) is 4.40. The monoisotopic (exact) mass is 331 g/mol. The van der Waals surface area contributed by atoms with Gasteiger partial charge in [0.15, 0.2) is 0 Å². The van der Waals surface area contributed by atoms with Gasteiger partial charge in [-0.15, -0.1) is 0 Å². The fraction of sp³-hybridized carbons (Fsp3) is 0.588. The highest BCUT2D eigenvalue weighted by Gasteiger charge is 2.45. The van der Waals surface area contributed by atoms with Gasteiger partial charge >= 0.3 is 0 Å². The molecule has 5 nitrogen and oxygen atoms in total. The number of hydrogen-bond donors (Lipinski definition) is 1. The first kappa shape index (κ1) is 14.9. The molecule has 1 aromatic heterocycles. The van der Waals surface area contributed by atoms with E-state index in [0.717, 1.165) is 32.2 Å². The smallest absolute Gasteiger partial charge is 0.256 e. The minimum Gasteiger partial charge on any atom is -0.352 e. The molecule has 2 aliphatic heterocycles. The molecule has 2 saturated heterocycles. The first-order valence-corrected chi connectivity index (χ1v) is 8.84. The summed E-state index contributed by atoms with van der Waals surface area (Å²) in [5.41, 5.74) is 0.576. The maximum absolute atomic E-state index is 12.7. The third-order valence-corrected chi connectivity index (χ3v) is 5.68. The molecule has 0 unspecified atom stereocenters. The molecular formula is C17H21N3O2S. The number of aromatic nitrogens is 1. The average Bonchev–Trinajstić information content (AvgIpc) is 3.39. The van der Waals surface area contributed by atoms with Gasteiger partial charge in [-0.1, -0.05) is 12.2 Å². The van der Waals surface area contributed by atoms with E-state index < -0.39 is 0 Å². The van der Waals surface area contributed by atoms with Gasteiger partial charge in [-0.2, -0.15) is 0 Å². The maximum atomic E-state index is 12.7. The number of fused-ring (bicyclic) bond motifs is 1. The number of carbonyl (C=O) groups excluding carboxylic acids is 2. The summed E-state index contributed by atoms with van der Waals surface area (Å²) >= 11 is 5.23. The van der Waals surface area contributed by atoms with Crippen LogP contribution in [0.4, 0.5) is 0 Å². The van der Waals surface area contributed by atoms with Crippen molar-refractivity contribution >= 4 is 24.0 Å². The molecule has 2 atom stereocenters. The lowest BCUT2D eigenvalue weighted by atomic mass is 9.83. The molecule has 0 bridgehead atoms. The first-order valence-electron chi connectivity index (χ1n) is 8.43. The lowest BCUT2D eigenvalue weighted by Crippen LogP contribution is -2.57. The second-order valence-corrected chi connectivity index (χ2v) is 7.26. The van der Waals surface area contributed by atoms with Gasteiger partial charge in [-0.3, -0.25) is 9.59 Å². The molecule has 2 amide bonds. The van der Waals surface area contributed by atoms with E-state index in [9.17, 15) is 9.59 Å². The van der Waals surface area contributed by atoms with Gasteiger partial charge in [0.05, 0.1) is 5.56 Å². The van der Waals surface area contributed by atoms with Crippen LogP contribution in [0.5, 0.6) is 0 Å². The van der Waals surface area contributed by atoms with Crippen molar-refractivity contribution in [1.82, 2.24) is 14.8 Å². The number of carbonyl (C=O) groups is 2. The summed E-state index contributed by atoms with van der Waals surface area (Å²) in [6.45, 7) is 1.45. The number of likely N-dealkylation sites (tertiary alicyclic amines) is 2. The maximum Gasteiger partial charge on any atom is 0.256 e. The van der Waals surface area contributed by atoms with E-state index in [1.165, 1.54) is 0 Å². The number of nitrogens with one attached hydrogen (secondary N) is 1. The third-order valence-electron chi connectivity index (χ3n) is 5.34. The van der Waals surface area contributed by atoms with E-state index in [2.05, 4.69) is 9.88 Å². The number of hydrogen-bond acceptors (Lipinski definition) is 3. The molecule has 3 heterocycles. The molecular weight excluding hydrogens is 310 g/mol. The zero-order chi connectivity index (χ0) is 16.0. The number of H-pyrrole nitrogens is 1. The molecule has 1 N–H and O–H groups in total. The molecule has 3 aliphatic rings. The van der Waals surface area contributed by atoms with Crippen LogP contribution in [0.15, 0.2) is 18.3 Å². The Labute approximate surface area is 140 Å². The van der Waals surface area contributed by atoms with Crippen molar-refractivity contribution in [2.24, 2.45) is 5.92 Å². The predicted molar refractivity (Wildman–Crippen MR) is 88.5 cm³/mol. The van der Waals surface area contributed by atoms with Crippen LogP contribution in [0.3, 0.4) is 0 Å². The van der Waals surface area contributed by atoms with Gasteiger partial charge in [0, 0.05) is 37.8 Å². The van der Waals surface area contributed by atoms with E-state index in [4.69, 9.17) is 12.2 Å². The van der Waals surface area contributed by atoms with Crippen LogP contribution in [-0.2, 0) is 4.79 Å². The van der Waals surface area contributed by atoms with Crippen LogP contribution in [0.2, 0.25) is 0 Å². The van der Waals surface area contributed by atoms with E-state index in [0.29, 0.717) is 47.1 Å². The van der Waals surface area contributed by atoms with Gasteiger partial charge in [-0.25, -0.2) is 0 Å². The van der Waals surface area contributed by atoms with Gasteiger partial charge < -0.3 is 14.8 Å². The summed E-state index contributed by atoms with van der Waals surface area (Å²) in [6.07, 6.45) is 6.46. The van der Waals surface area contributed by atoms with E-state index >= 15 is 0 Å². The van der Waals surface area contributed by atoms with Crippen molar-refractivity contribution in [3.8, 4) is 0 Å². The van der Waals surface area contributed by atoms with Crippen LogP contribution >= 0.6 is 12.2 Å². The normalized spacial score (nSPS) is 27.7. The SMILES string of the molecule is O=C(c1ccc[nH]c1=S)N1CC[C@H]2[C@H](CCC(=O)N2C2CC2)C1. The first-order chi connectivity index (χ1) is 11.1. The van der Waals surface area contributed by atoms with Gasteiger partial charge in [0.2, 0.25) is 5.91 Å². The Morgan fingerprint density at radius 1 is 1.26 bits per heavy atom. The molecule has 1 saturated carbocycles. The third kappa shape index (κ3) is 2.69. The molecule has 3 fully saturated rings. The second kappa shape index (κ2) is 5.74. The molecule has 1 aromatic rings. The summed E-state index contributed by atoms with van der Waals surface area (Å²) in [5.74, 6) is 0.742. The minimum atomic E-state index is 0.0140.